The number of aryl methyl sites for hydroxylation is 1. The van der Waals surface area contributed by atoms with Gasteiger partial charge in [0.25, 0.3) is 11.5 Å². The smallest absolute Gasteiger partial charge is 0.341 e. The van der Waals surface area contributed by atoms with E-state index in [4.69, 9.17) is 21.1 Å². The van der Waals surface area contributed by atoms with Crippen LogP contribution in [0.3, 0.4) is 0 Å². The van der Waals surface area contributed by atoms with Crippen molar-refractivity contribution in [1.29, 1.82) is 0 Å². The molecule has 9 nitrogen and oxygen atoms in total. The zero-order chi connectivity index (χ0) is 25.8. The van der Waals surface area contributed by atoms with Crippen LogP contribution in [-0.2, 0) is 16.0 Å². The summed E-state index contributed by atoms with van der Waals surface area (Å²) in [5.41, 5.74) is 0.459. The highest BCUT2D eigenvalue weighted by molar-refractivity contribution is 9.10. The summed E-state index contributed by atoms with van der Waals surface area (Å²) < 4.78 is 14.1. The zero-order valence-corrected chi connectivity index (χ0v) is 21.9. The van der Waals surface area contributed by atoms with Crippen LogP contribution in [0.2, 0.25) is 5.02 Å². The number of pyridine rings is 2. The molecule has 4 aromatic rings. The second kappa shape index (κ2) is 11.2. The summed E-state index contributed by atoms with van der Waals surface area (Å²) in [6.45, 7) is 2.43. The molecule has 0 fully saturated rings. The second-order valence-electron chi connectivity index (χ2n) is 7.72. The number of aromatic nitrogens is 3. The van der Waals surface area contributed by atoms with Gasteiger partial charge in [-0.1, -0.05) is 33.6 Å². The van der Waals surface area contributed by atoms with Crippen molar-refractivity contribution >= 4 is 56.1 Å². The van der Waals surface area contributed by atoms with E-state index in [2.05, 4.69) is 25.9 Å². The Morgan fingerprint density at radius 1 is 1.17 bits per heavy atom. The predicted molar refractivity (Wildman–Crippen MR) is 138 cm³/mol. The maximum Gasteiger partial charge on any atom is 0.341 e. The Bertz CT molecular complexity index is 1610. The number of esters is 1. The van der Waals surface area contributed by atoms with Gasteiger partial charge in [-0.25, -0.2) is 9.78 Å². The highest BCUT2D eigenvalue weighted by Crippen LogP contribution is 2.22. The van der Waals surface area contributed by atoms with Crippen LogP contribution in [0.15, 0.2) is 62.9 Å². The van der Waals surface area contributed by atoms with Crippen molar-refractivity contribution in [3.63, 3.8) is 0 Å². The molecule has 0 aliphatic rings. The molecule has 0 N–H and O–H groups in total. The fraction of sp³-hybridized carbons (Fsp3) is 0.240. The molecule has 1 amide bonds. The molecule has 0 aliphatic carbocycles. The second-order valence-corrected chi connectivity index (χ2v) is 9.05. The minimum absolute atomic E-state index is 0.0188. The number of benzene rings is 1. The first-order valence-corrected chi connectivity index (χ1v) is 12.3. The lowest BCUT2D eigenvalue weighted by atomic mass is 10.2. The van der Waals surface area contributed by atoms with Gasteiger partial charge in [0.05, 0.1) is 22.6 Å². The van der Waals surface area contributed by atoms with Gasteiger partial charge in [-0.15, -0.1) is 0 Å². The summed E-state index contributed by atoms with van der Waals surface area (Å²) in [7, 11) is 1.57. The normalized spacial score (nSPS) is 11.8. The monoisotopic (exact) mass is 572 g/mol. The molecule has 0 unspecified atom stereocenters. The molecular formula is C25H22BrClN4O5. The number of carbonyl (C=O) groups excluding carboxylic acids is 2. The van der Waals surface area contributed by atoms with E-state index in [0.717, 1.165) is 0 Å². The van der Waals surface area contributed by atoms with Gasteiger partial charge in [0.15, 0.2) is 5.49 Å². The van der Waals surface area contributed by atoms with Gasteiger partial charge in [-0.3, -0.25) is 14.0 Å². The number of methoxy groups -OCH3 is 1. The van der Waals surface area contributed by atoms with E-state index in [9.17, 15) is 14.4 Å². The molecule has 4 rings (SSSR count). The van der Waals surface area contributed by atoms with Crippen LogP contribution in [-0.4, -0.2) is 46.2 Å². The zero-order valence-electron chi connectivity index (χ0n) is 19.5. The van der Waals surface area contributed by atoms with E-state index in [1.165, 1.54) is 10.5 Å². The van der Waals surface area contributed by atoms with Gasteiger partial charge in [-0.05, 0) is 49.7 Å². The molecule has 0 radical (unpaired) electrons. The van der Waals surface area contributed by atoms with Crippen LogP contribution >= 0.6 is 27.5 Å². The lowest BCUT2D eigenvalue weighted by Crippen LogP contribution is -2.33. The number of hydrogen-bond acceptors (Lipinski definition) is 6. The molecule has 186 valence electrons. The van der Waals surface area contributed by atoms with Crippen LogP contribution in [0, 0.1) is 0 Å². The van der Waals surface area contributed by atoms with Crippen molar-refractivity contribution in [3.05, 3.63) is 85.1 Å². The number of amides is 1. The van der Waals surface area contributed by atoms with Gasteiger partial charge in [0.1, 0.15) is 16.9 Å². The molecule has 3 aromatic heterocycles. The number of ether oxygens (including phenoxy) is 2. The maximum atomic E-state index is 13.4. The standard InChI is InChI=1S/C25H22BrClN4O5/c1-3-36-25(34)18-14-17-21(28-20-7-4-5-10-30(20)24(17)33)31(11-6-12-35-2)22(18)29-23(32)16-13-15(26)8-9-19(16)27/h4-5,7-10,13-14H,3,6,11-12H2,1-2H3. The summed E-state index contributed by atoms with van der Waals surface area (Å²) in [5.74, 6) is -1.38. The lowest BCUT2D eigenvalue weighted by Gasteiger charge is -2.15. The fourth-order valence-electron chi connectivity index (χ4n) is 3.75. The number of hydrogen-bond donors (Lipinski definition) is 0. The van der Waals surface area contributed by atoms with Crippen LogP contribution in [0.4, 0.5) is 0 Å². The topological polar surface area (TPSA) is 104 Å². The molecule has 36 heavy (non-hydrogen) atoms. The molecule has 0 saturated heterocycles. The van der Waals surface area contributed by atoms with Gasteiger partial charge in [0, 0.05) is 30.9 Å². The minimum atomic E-state index is -0.718. The number of carbonyl (C=O) groups is 2. The van der Waals surface area contributed by atoms with Crippen molar-refractivity contribution in [1.82, 2.24) is 14.0 Å². The Balaban J connectivity index is 2.10. The van der Waals surface area contributed by atoms with Crippen molar-refractivity contribution < 1.29 is 19.1 Å². The van der Waals surface area contributed by atoms with Crippen LogP contribution < -0.4 is 11.0 Å². The van der Waals surface area contributed by atoms with Crippen molar-refractivity contribution in [3.8, 4) is 0 Å². The van der Waals surface area contributed by atoms with Crippen molar-refractivity contribution in [2.45, 2.75) is 19.9 Å². The molecule has 0 spiro atoms. The number of rotatable bonds is 7. The Morgan fingerprint density at radius 3 is 2.72 bits per heavy atom. The Kier molecular flexibility index (Phi) is 7.97. The van der Waals surface area contributed by atoms with E-state index >= 15 is 0 Å². The highest BCUT2D eigenvalue weighted by Gasteiger charge is 2.21. The van der Waals surface area contributed by atoms with E-state index in [1.807, 2.05) is 0 Å². The van der Waals surface area contributed by atoms with E-state index in [1.54, 1.807) is 61.2 Å². The molecule has 0 aliphatic heterocycles. The summed E-state index contributed by atoms with van der Waals surface area (Å²) in [6, 6.07) is 11.4. The third-order valence-corrected chi connectivity index (χ3v) is 6.20. The first-order valence-electron chi connectivity index (χ1n) is 11.1. The summed E-state index contributed by atoms with van der Waals surface area (Å²) in [4.78, 5) is 48.6. The summed E-state index contributed by atoms with van der Waals surface area (Å²) in [6.07, 6.45) is 2.10. The first kappa shape index (κ1) is 25.7. The molecule has 11 heteroatoms. The van der Waals surface area contributed by atoms with Crippen LogP contribution in [0.25, 0.3) is 16.7 Å². The Hall–Kier alpha value is -3.34. The minimum Gasteiger partial charge on any atom is -0.462 e. The SMILES string of the molecule is CCOC(=O)c1cc2c(=O)n3ccccc3nc2n(CCCOC)c1=NC(=O)c1cc(Br)ccc1Cl. The van der Waals surface area contributed by atoms with E-state index in [0.29, 0.717) is 23.1 Å². The maximum absolute atomic E-state index is 13.4. The number of halogens is 2. The predicted octanol–water partition coefficient (Wildman–Crippen LogP) is 4.02. The van der Waals surface area contributed by atoms with E-state index < -0.39 is 11.9 Å². The quantitative estimate of drug-likeness (QED) is 0.188. The summed E-state index contributed by atoms with van der Waals surface area (Å²) in [5, 5.41) is 0.393. The highest BCUT2D eigenvalue weighted by atomic mass is 79.9. The molecule has 0 bridgehead atoms. The van der Waals surface area contributed by atoms with Gasteiger partial charge in [-0.2, -0.15) is 4.99 Å². The average molecular weight is 574 g/mol. The number of nitrogens with zero attached hydrogens (tertiary/aromatic N) is 4. The summed E-state index contributed by atoms with van der Waals surface area (Å²) >= 11 is 9.60. The Labute approximate surface area is 219 Å². The molecule has 0 atom stereocenters. The van der Waals surface area contributed by atoms with Gasteiger partial charge in [0.2, 0.25) is 0 Å². The van der Waals surface area contributed by atoms with E-state index in [-0.39, 0.29) is 51.4 Å². The third kappa shape index (κ3) is 5.11. The molecule has 0 saturated carbocycles. The lowest BCUT2D eigenvalue weighted by molar-refractivity contribution is 0.0523. The van der Waals surface area contributed by atoms with Crippen LogP contribution in [0.5, 0.6) is 0 Å². The molecular weight excluding hydrogens is 552 g/mol. The largest absolute Gasteiger partial charge is 0.462 e. The number of fused-ring (bicyclic) bond motifs is 2. The molecule has 3 heterocycles. The van der Waals surface area contributed by atoms with Crippen LogP contribution in [0.1, 0.15) is 34.1 Å². The first-order chi connectivity index (χ1) is 17.3. The third-order valence-electron chi connectivity index (χ3n) is 5.38. The molecule has 1 aromatic carbocycles. The fourth-order valence-corrected chi connectivity index (χ4v) is 4.31. The van der Waals surface area contributed by atoms with Crippen molar-refractivity contribution in [2.24, 2.45) is 4.99 Å². The van der Waals surface area contributed by atoms with Gasteiger partial charge < -0.3 is 14.0 Å². The average Bonchev–Trinajstić information content (AvgIpc) is 2.86. The van der Waals surface area contributed by atoms with Crippen molar-refractivity contribution in [2.75, 3.05) is 20.3 Å². The Morgan fingerprint density at radius 2 is 1.97 bits per heavy atom. The van der Waals surface area contributed by atoms with Gasteiger partial charge >= 0.3 is 5.97 Å².